The predicted molar refractivity (Wildman–Crippen MR) is 207 cm³/mol. The van der Waals surface area contributed by atoms with E-state index in [-0.39, 0.29) is 24.0 Å². The van der Waals surface area contributed by atoms with E-state index in [9.17, 15) is 9.59 Å². The number of rotatable bonds is 14. The fraction of sp³-hybridized carbons (Fsp3) is 0.359. The number of thioether (sulfide) groups is 1. The number of carbonyl (C=O) groups excluding carboxylic acids is 2. The first-order valence-corrected chi connectivity index (χ1v) is 18.9. The van der Waals surface area contributed by atoms with Gasteiger partial charge in [0.15, 0.2) is 0 Å². The van der Waals surface area contributed by atoms with Gasteiger partial charge in [0.25, 0.3) is 0 Å². The number of unbranched alkanes of at least 4 members (excludes halogenated alkanes) is 3. The molecule has 0 spiro atoms. The van der Waals surface area contributed by atoms with Gasteiger partial charge >= 0.3 is 6.03 Å². The highest BCUT2D eigenvalue weighted by molar-refractivity contribution is 8.00. The second-order valence-electron chi connectivity index (χ2n) is 13.1. The van der Waals surface area contributed by atoms with Gasteiger partial charge in [0.1, 0.15) is 17.1 Å². The summed E-state index contributed by atoms with van der Waals surface area (Å²) in [5, 5.41) is 13.8. The Morgan fingerprint density at radius 1 is 1.04 bits per heavy atom. The molecule has 0 aliphatic carbocycles. The van der Waals surface area contributed by atoms with Crippen molar-refractivity contribution in [3.63, 3.8) is 0 Å². The van der Waals surface area contributed by atoms with Crippen LogP contribution in [-0.2, 0) is 11.3 Å². The highest BCUT2D eigenvalue weighted by Crippen LogP contribution is 2.34. The number of fused-ring (bicyclic) bond motifs is 3. The van der Waals surface area contributed by atoms with Crippen LogP contribution in [0.2, 0.25) is 0 Å². The van der Waals surface area contributed by atoms with Crippen LogP contribution in [0.1, 0.15) is 56.1 Å². The van der Waals surface area contributed by atoms with Crippen molar-refractivity contribution in [1.82, 2.24) is 35.5 Å². The zero-order valence-corrected chi connectivity index (χ0v) is 30.0. The van der Waals surface area contributed by atoms with E-state index in [2.05, 4.69) is 50.2 Å². The largest absolute Gasteiger partial charge is 0.494 e. The quantitative estimate of drug-likeness (QED) is 0.0565. The molecule has 5 aromatic rings. The number of benzene rings is 3. The molecular formula is C39H43N9O3S. The van der Waals surface area contributed by atoms with Crippen molar-refractivity contribution < 1.29 is 14.3 Å². The molecule has 4 heterocycles. The van der Waals surface area contributed by atoms with Crippen molar-refractivity contribution in [3.05, 3.63) is 77.9 Å². The fourth-order valence-corrected chi connectivity index (χ4v) is 8.32. The van der Waals surface area contributed by atoms with Crippen molar-refractivity contribution in [2.45, 2.75) is 68.8 Å². The van der Waals surface area contributed by atoms with E-state index in [0.717, 1.165) is 65.4 Å². The molecule has 13 heteroatoms. The van der Waals surface area contributed by atoms with Crippen molar-refractivity contribution >= 4 is 57.4 Å². The predicted octanol–water partition coefficient (Wildman–Crippen LogP) is 5.54. The second-order valence-corrected chi connectivity index (χ2v) is 14.3. The van der Waals surface area contributed by atoms with Crippen LogP contribution in [-0.4, -0.2) is 68.2 Å². The summed E-state index contributed by atoms with van der Waals surface area (Å²) in [6.07, 6.45) is 5.80. The topological polar surface area (TPSA) is 161 Å². The number of nitrogens with two attached hydrogens (primary N) is 1. The smallest absolute Gasteiger partial charge is 0.315 e. The number of urea groups is 1. The summed E-state index contributed by atoms with van der Waals surface area (Å²) in [6, 6.07) is 22.1. The molecule has 6 N–H and O–H groups in total. The maximum Gasteiger partial charge on any atom is 0.315 e. The molecule has 12 nitrogen and oxygen atoms in total. The Bertz CT molecular complexity index is 2130. The van der Waals surface area contributed by atoms with E-state index in [1.54, 1.807) is 11.7 Å². The molecule has 2 aromatic heterocycles. The molecule has 3 amide bonds. The Labute approximate surface area is 307 Å². The lowest BCUT2D eigenvalue weighted by Crippen LogP contribution is -2.36. The molecule has 7 rings (SSSR count). The second kappa shape index (κ2) is 16.2. The van der Waals surface area contributed by atoms with Gasteiger partial charge in [-0.1, -0.05) is 60.7 Å². The molecule has 0 saturated carbocycles. The van der Waals surface area contributed by atoms with E-state index in [4.69, 9.17) is 20.4 Å². The van der Waals surface area contributed by atoms with Gasteiger partial charge in [-0.15, -0.1) is 0 Å². The summed E-state index contributed by atoms with van der Waals surface area (Å²) in [5.41, 5.74) is 10.5. The van der Waals surface area contributed by atoms with Gasteiger partial charge < -0.3 is 31.7 Å². The first kappa shape index (κ1) is 34.9. The summed E-state index contributed by atoms with van der Waals surface area (Å²) < 4.78 is 7.59. The number of para-hydroxylation sites is 2. The molecule has 0 bridgehead atoms. The Morgan fingerprint density at radius 2 is 1.88 bits per heavy atom. The normalized spacial score (nSPS) is 17.6. The van der Waals surface area contributed by atoms with Gasteiger partial charge in [0, 0.05) is 47.9 Å². The van der Waals surface area contributed by atoms with E-state index < -0.39 is 0 Å². The molecule has 2 fully saturated rings. The van der Waals surface area contributed by atoms with Crippen LogP contribution in [0.4, 0.5) is 16.6 Å². The SMILES string of the molecule is COc1cc(C#CCCCCNC(=O)CCCC[C@@H]2SC[C@@H]3NC(=O)N[C@@H]32)cc2c(NCc3ccccc3)nc(-n3c(N)nc4ccccc43)nc12. The zero-order valence-electron chi connectivity index (χ0n) is 29.2. The molecule has 2 aliphatic rings. The molecular weight excluding hydrogens is 675 g/mol. The van der Waals surface area contributed by atoms with Crippen LogP contribution in [0.25, 0.3) is 27.9 Å². The summed E-state index contributed by atoms with van der Waals surface area (Å²) in [7, 11) is 1.62. The number of nitrogens with zero attached hydrogens (tertiary/aromatic N) is 4. The number of carbonyl (C=O) groups is 2. The minimum absolute atomic E-state index is 0.0578. The summed E-state index contributed by atoms with van der Waals surface area (Å²) in [5.74, 6) is 9.52. The summed E-state index contributed by atoms with van der Waals surface area (Å²) in [6.45, 7) is 1.19. The molecule has 52 heavy (non-hydrogen) atoms. The third kappa shape index (κ3) is 8.02. The fourth-order valence-electron chi connectivity index (χ4n) is 6.78. The van der Waals surface area contributed by atoms with Crippen LogP contribution in [0.5, 0.6) is 5.75 Å². The monoisotopic (exact) mass is 717 g/mol. The van der Waals surface area contributed by atoms with Crippen molar-refractivity contribution in [2.75, 3.05) is 30.5 Å². The van der Waals surface area contributed by atoms with Crippen LogP contribution >= 0.6 is 11.8 Å². The van der Waals surface area contributed by atoms with Gasteiger partial charge in [-0.25, -0.2) is 19.3 Å². The third-order valence-electron chi connectivity index (χ3n) is 9.43. The zero-order chi connectivity index (χ0) is 35.9. The number of ether oxygens (including phenoxy) is 1. The molecule has 268 valence electrons. The number of nitrogens with one attached hydrogen (secondary N) is 4. The number of anilines is 2. The molecule has 3 aromatic carbocycles. The Kier molecular flexibility index (Phi) is 10.9. The third-order valence-corrected chi connectivity index (χ3v) is 10.9. The van der Waals surface area contributed by atoms with Crippen LogP contribution in [0.15, 0.2) is 66.7 Å². The average molecular weight is 718 g/mol. The van der Waals surface area contributed by atoms with Crippen LogP contribution in [0.3, 0.4) is 0 Å². The number of aromatic nitrogens is 4. The molecule has 3 atom stereocenters. The minimum atomic E-state index is -0.0578. The minimum Gasteiger partial charge on any atom is -0.494 e. The summed E-state index contributed by atoms with van der Waals surface area (Å²) >= 11 is 1.91. The van der Waals surface area contributed by atoms with Crippen LogP contribution < -0.4 is 31.7 Å². The maximum atomic E-state index is 12.4. The van der Waals surface area contributed by atoms with Crippen molar-refractivity contribution in [3.8, 4) is 23.5 Å². The highest BCUT2D eigenvalue weighted by atomic mass is 32.2. The summed E-state index contributed by atoms with van der Waals surface area (Å²) in [4.78, 5) is 38.3. The first-order valence-electron chi connectivity index (χ1n) is 17.8. The van der Waals surface area contributed by atoms with Crippen molar-refractivity contribution in [1.29, 1.82) is 0 Å². The molecule has 0 radical (unpaired) electrons. The average Bonchev–Trinajstić information content (AvgIpc) is 3.83. The van der Waals surface area contributed by atoms with Gasteiger partial charge in [0.2, 0.25) is 17.8 Å². The van der Waals surface area contributed by atoms with Gasteiger partial charge in [-0.3, -0.25) is 4.79 Å². The number of hydrogen-bond acceptors (Lipinski definition) is 9. The van der Waals surface area contributed by atoms with Gasteiger partial charge in [-0.05, 0) is 55.5 Å². The number of imidazole rings is 1. The van der Waals surface area contributed by atoms with E-state index in [1.807, 2.05) is 66.4 Å². The van der Waals surface area contributed by atoms with E-state index in [1.165, 1.54) is 0 Å². The molecule has 2 aliphatic heterocycles. The van der Waals surface area contributed by atoms with E-state index >= 15 is 0 Å². The lowest BCUT2D eigenvalue weighted by Gasteiger charge is -2.16. The van der Waals surface area contributed by atoms with Crippen molar-refractivity contribution in [2.24, 2.45) is 0 Å². The van der Waals surface area contributed by atoms with Crippen LogP contribution in [0, 0.1) is 11.8 Å². The molecule has 2 saturated heterocycles. The number of hydrogen-bond donors (Lipinski definition) is 5. The standard InChI is InChI=1S/C39H43N9O3S/c1-51-31-22-26(15-5-2-3-12-20-41-33(49)19-11-10-18-32-35-29(24-52-32)44-39(50)46-35)21-27-34(31)45-38(47-36(27)42-23-25-13-6-4-7-14-25)48-30-17-9-8-16-28(30)43-37(48)40/h4,6-9,13-14,16-17,21-22,29,32,35H,2-3,10-12,18-20,23-24H2,1H3,(H2,40,43)(H,41,49)(H,42,45,47)(H2,44,46,50)/t29-,32-,35-/m0/s1. The highest BCUT2D eigenvalue weighted by Gasteiger charge is 2.42. The van der Waals surface area contributed by atoms with Gasteiger partial charge in [-0.2, -0.15) is 16.7 Å². The maximum absolute atomic E-state index is 12.4. The number of amides is 3. The Morgan fingerprint density at radius 3 is 2.75 bits per heavy atom. The lowest BCUT2D eigenvalue weighted by atomic mass is 10.0. The lowest BCUT2D eigenvalue weighted by molar-refractivity contribution is -0.121. The van der Waals surface area contributed by atoms with E-state index in [0.29, 0.717) is 60.2 Å². The number of nitrogen functional groups attached to an aromatic ring is 1. The Balaban J connectivity index is 0.963. The first-order chi connectivity index (χ1) is 25.5. The Hall–Kier alpha value is -5.48. The van der Waals surface area contributed by atoms with Gasteiger partial charge in [0.05, 0.1) is 30.2 Å². The number of methoxy groups -OCH3 is 1. The molecule has 0 unspecified atom stereocenters.